The number of hydrogen-bond donors (Lipinski definition) is 1. The molecule has 2 aromatic carbocycles. The Morgan fingerprint density at radius 2 is 1.75 bits per heavy atom. The van der Waals surface area contributed by atoms with Gasteiger partial charge in [0.2, 0.25) is 5.91 Å². The van der Waals surface area contributed by atoms with Crippen molar-refractivity contribution in [1.82, 2.24) is 10.2 Å². The maximum atomic E-state index is 12.2. The van der Waals surface area contributed by atoms with Crippen molar-refractivity contribution in [3.05, 3.63) is 65.7 Å². The molecule has 0 heterocycles. The van der Waals surface area contributed by atoms with Crippen LogP contribution in [0.1, 0.15) is 24.1 Å². The minimum absolute atomic E-state index is 0.0296. The lowest BCUT2D eigenvalue weighted by molar-refractivity contribution is -0.120. The van der Waals surface area contributed by atoms with Crippen LogP contribution in [0.4, 0.5) is 0 Å². The van der Waals surface area contributed by atoms with Gasteiger partial charge in [-0.25, -0.2) is 0 Å². The van der Waals surface area contributed by atoms with Crippen molar-refractivity contribution in [3.63, 3.8) is 0 Å². The minimum atomic E-state index is 0.0296. The van der Waals surface area contributed by atoms with Crippen LogP contribution in [0.2, 0.25) is 0 Å². The van der Waals surface area contributed by atoms with E-state index in [1.165, 1.54) is 5.56 Å². The number of carbonyl (C=O) groups is 1. The van der Waals surface area contributed by atoms with Crippen LogP contribution in [0.25, 0.3) is 0 Å². The Morgan fingerprint density at radius 1 is 1.08 bits per heavy atom. The van der Waals surface area contributed by atoms with Crippen LogP contribution in [0.15, 0.2) is 54.6 Å². The second kappa shape index (κ2) is 9.08. The lowest BCUT2D eigenvalue weighted by Crippen LogP contribution is -2.35. The Kier molecular flexibility index (Phi) is 6.82. The molecule has 4 heteroatoms. The zero-order valence-electron chi connectivity index (χ0n) is 14.7. The summed E-state index contributed by atoms with van der Waals surface area (Å²) in [5.41, 5.74) is 2.18. The number of benzene rings is 2. The van der Waals surface area contributed by atoms with E-state index in [1.807, 2.05) is 63.5 Å². The number of rotatable bonds is 8. The van der Waals surface area contributed by atoms with Gasteiger partial charge in [0, 0.05) is 6.54 Å². The average molecular weight is 326 g/mol. The summed E-state index contributed by atoms with van der Waals surface area (Å²) in [6.07, 6.45) is 0.376. The molecule has 1 N–H and O–H groups in total. The largest absolute Gasteiger partial charge is 0.494 e. The maximum absolute atomic E-state index is 12.2. The first-order valence-corrected chi connectivity index (χ1v) is 8.30. The maximum Gasteiger partial charge on any atom is 0.224 e. The first-order chi connectivity index (χ1) is 11.6. The van der Waals surface area contributed by atoms with Crippen LogP contribution < -0.4 is 10.1 Å². The lowest BCUT2D eigenvalue weighted by Gasteiger charge is -2.25. The number of likely N-dealkylation sites (N-methyl/N-ethyl adjacent to an activating group) is 1. The van der Waals surface area contributed by atoms with Gasteiger partial charge < -0.3 is 15.0 Å². The Bertz CT molecular complexity index is 624. The quantitative estimate of drug-likeness (QED) is 0.811. The first-order valence-electron chi connectivity index (χ1n) is 8.30. The van der Waals surface area contributed by atoms with E-state index >= 15 is 0 Å². The summed E-state index contributed by atoms with van der Waals surface area (Å²) in [6, 6.07) is 18.1. The molecule has 0 aliphatic heterocycles. The highest BCUT2D eigenvalue weighted by Crippen LogP contribution is 2.17. The Hall–Kier alpha value is -2.33. The second-order valence-corrected chi connectivity index (χ2v) is 5.95. The first kappa shape index (κ1) is 18.0. The van der Waals surface area contributed by atoms with Gasteiger partial charge in [-0.15, -0.1) is 0 Å². The minimum Gasteiger partial charge on any atom is -0.494 e. The van der Waals surface area contributed by atoms with Gasteiger partial charge in [-0.3, -0.25) is 4.79 Å². The number of nitrogens with one attached hydrogen (secondary N) is 1. The second-order valence-electron chi connectivity index (χ2n) is 5.95. The van der Waals surface area contributed by atoms with Gasteiger partial charge in [-0.2, -0.15) is 0 Å². The van der Waals surface area contributed by atoms with E-state index < -0.39 is 0 Å². The van der Waals surface area contributed by atoms with Gasteiger partial charge in [0.05, 0.1) is 19.1 Å². The third-order valence-electron chi connectivity index (χ3n) is 3.90. The van der Waals surface area contributed by atoms with Crippen LogP contribution in [0.3, 0.4) is 0 Å². The fourth-order valence-corrected chi connectivity index (χ4v) is 2.60. The van der Waals surface area contributed by atoms with Crippen molar-refractivity contribution in [2.75, 3.05) is 27.2 Å². The molecule has 0 saturated carbocycles. The van der Waals surface area contributed by atoms with Gasteiger partial charge in [0.25, 0.3) is 0 Å². The highest BCUT2D eigenvalue weighted by Gasteiger charge is 2.15. The molecule has 128 valence electrons. The predicted octanol–water partition coefficient (Wildman–Crippen LogP) is 3.05. The fraction of sp³-hybridized carbons (Fsp3) is 0.350. The van der Waals surface area contributed by atoms with Gasteiger partial charge in [0.15, 0.2) is 0 Å². The molecular weight excluding hydrogens is 300 g/mol. The van der Waals surface area contributed by atoms with Crippen molar-refractivity contribution in [2.24, 2.45) is 0 Å². The van der Waals surface area contributed by atoms with E-state index in [0.29, 0.717) is 19.6 Å². The van der Waals surface area contributed by atoms with Crippen LogP contribution in [-0.2, 0) is 11.2 Å². The molecule has 0 aliphatic carbocycles. The molecule has 0 spiro atoms. The SMILES string of the molecule is CCOc1ccc(CC(=O)NCC(c2ccccc2)N(C)C)cc1. The summed E-state index contributed by atoms with van der Waals surface area (Å²) in [5, 5.41) is 3.04. The van der Waals surface area contributed by atoms with Crippen molar-refractivity contribution in [3.8, 4) is 5.75 Å². The third-order valence-corrected chi connectivity index (χ3v) is 3.90. The standard InChI is InChI=1S/C20H26N2O2/c1-4-24-18-12-10-16(11-13-18)14-20(23)21-15-19(22(2)3)17-8-6-5-7-9-17/h5-13,19H,4,14-15H2,1-3H3,(H,21,23). The van der Waals surface area contributed by atoms with Crippen molar-refractivity contribution >= 4 is 5.91 Å². The zero-order chi connectivity index (χ0) is 17.4. The van der Waals surface area contributed by atoms with Gasteiger partial charge in [-0.05, 0) is 44.3 Å². The Morgan fingerprint density at radius 3 is 2.33 bits per heavy atom. The predicted molar refractivity (Wildman–Crippen MR) is 97.2 cm³/mol. The highest BCUT2D eigenvalue weighted by molar-refractivity contribution is 5.78. The molecule has 4 nitrogen and oxygen atoms in total. The zero-order valence-corrected chi connectivity index (χ0v) is 14.7. The summed E-state index contributed by atoms with van der Waals surface area (Å²) >= 11 is 0. The molecule has 0 radical (unpaired) electrons. The summed E-state index contributed by atoms with van der Waals surface area (Å²) < 4.78 is 5.41. The van der Waals surface area contributed by atoms with Gasteiger partial charge in [0.1, 0.15) is 5.75 Å². The van der Waals surface area contributed by atoms with Crippen molar-refractivity contribution in [2.45, 2.75) is 19.4 Å². The molecule has 2 rings (SSSR count). The number of hydrogen-bond acceptors (Lipinski definition) is 3. The molecule has 0 bridgehead atoms. The van der Waals surface area contributed by atoms with Gasteiger partial charge >= 0.3 is 0 Å². The van der Waals surface area contributed by atoms with E-state index in [-0.39, 0.29) is 11.9 Å². The Balaban J connectivity index is 1.89. The van der Waals surface area contributed by atoms with Crippen LogP contribution in [0, 0.1) is 0 Å². The lowest BCUT2D eigenvalue weighted by atomic mass is 10.1. The van der Waals surface area contributed by atoms with Crippen molar-refractivity contribution < 1.29 is 9.53 Å². The molecular formula is C20H26N2O2. The summed E-state index contributed by atoms with van der Waals surface area (Å²) in [5.74, 6) is 0.861. The fourth-order valence-electron chi connectivity index (χ4n) is 2.60. The number of ether oxygens (including phenoxy) is 1. The molecule has 0 aromatic heterocycles. The van der Waals surface area contributed by atoms with Crippen molar-refractivity contribution in [1.29, 1.82) is 0 Å². The Labute approximate surface area is 144 Å². The number of carbonyl (C=O) groups excluding carboxylic acids is 1. The van der Waals surface area contributed by atoms with E-state index in [2.05, 4.69) is 22.3 Å². The molecule has 1 amide bonds. The van der Waals surface area contributed by atoms with E-state index in [1.54, 1.807) is 0 Å². The normalized spacial score (nSPS) is 12.0. The van der Waals surface area contributed by atoms with E-state index in [0.717, 1.165) is 11.3 Å². The molecule has 2 aromatic rings. The molecule has 0 aliphatic rings. The van der Waals surface area contributed by atoms with E-state index in [4.69, 9.17) is 4.74 Å². The molecule has 1 atom stereocenters. The van der Waals surface area contributed by atoms with Crippen LogP contribution >= 0.6 is 0 Å². The van der Waals surface area contributed by atoms with Gasteiger partial charge in [-0.1, -0.05) is 42.5 Å². The highest BCUT2D eigenvalue weighted by atomic mass is 16.5. The number of amides is 1. The van der Waals surface area contributed by atoms with Crippen LogP contribution in [0.5, 0.6) is 5.75 Å². The monoisotopic (exact) mass is 326 g/mol. The summed E-state index contributed by atoms with van der Waals surface area (Å²) in [4.78, 5) is 14.3. The molecule has 24 heavy (non-hydrogen) atoms. The molecule has 0 saturated heterocycles. The smallest absolute Gasteiger partial charge is 0.224 e. The van der Waals surface area contributed by atoms with Crippen LogP contribution in [-0.4, -0.2) is 38.1 Å². The molecule has 1 unspecified atom stereocenters. The van der Waals surface area contributed by atoms with E-state index in [9.17, 15) is 4.79 Å². The third kappa shape index (κ3) is 5.39. The summed E-state index contributed by atoms with van der Waals surface area (Å²) in [6.45, 7) is 3.19. The summed E-state index contributed by atoms with van der Waals surface area (Å²) in [7, 11) is 4.05. The molecule has 0 fully saturated rings. The topological polar surface area (TPSA) is 41.6 Å². The average Bonchev–Trinajstić information content (AvgIpc) is 2.58. The number of nitrogens with zero attached hydrogens (tertiary/aromatic N) is 1.